The van der Waals surface area contributed by atoms with Crippen molar-refractivity contribution in [2.75, 3.05) is 14.2 Å². The van der Waals surface area contributed by atoms with Crippen LogP contribution in [0.15, 0.2) is 114 Å². The minimum absolute atomic E-state index is 0. The molecule has 4 aliphatic rings. The van der Waals surface area contributed by atoms with Crippen molar-refractivity contribution in [1.29, 1.82) is 0 Å². The van der Waals surface area contributed by atoms with Gasteiger partial charge in [0, 0.05) is 16.9 Å². The molecule has 4 aromatic carbocycles. The normalized spacial score (nSPS) is 13.7. The van der Waals surface area contributed by atoms with E-state index in [1.807, 2.05) is 54.6 Å². The van der Waals surface area contributed by atoms with E-state index in [0.29, 0.717) is 68.2 Å². The molecule has 4 aliphatic carbocycles. The standard InChI is InChI=1S/C16H11ClIN3O.C11H11ClO2.C10H9ClO2.C8H6BrClO2.C6H4IN3.C3H7BO2.Na.H2O/c17-11-4-1-3-10(9-6-7-9)13(11)16(22)21-12-5-2-8-19-14(12)15(18)20-21;1-14-11(13)10-8(7-5-6-7)3-2-4-9(10)12;11-8-3-1-2-7(6-4-5-6)9(8)10(12)13;1-12-8(11)7-5(9)3-2-4-6(7)10;7-6-5-4(9-10-6)2-1-3-8-5;5-4(6)3-1-2-3;;/h1-5,8-9H,6-7H2;2-4,7H,5-6H2,1H3;1-3,6H,4-5H2,(H,12,13);2-4H,1H3;1-3H,(H,9,10);3,5-6H,1-2H2;;1H2/q;;;;;;+1;/p-1. The van der Waals surface area contributed by atoms with E-state index in [1.165, 1.54) is 18.9 Å². The molecule has 79 heavy (non-hydrogen) atoms. The molecular formula is C54H49BBrCl4I2N6NaO10. The molecule has 0 amide bonds. The van der Waals surface area contributed by atoms with E-state index in [4.69, 9.17) is 66.3 Å². The zero-order chi connectivity index (χ0) is 55.5. The fourth-order valence-electron chi connectivity index (χ4n) is 7.78. The van der Waals surface area contributed by atoms with Crippen molar-refractivity contribution in [1.82, 2.24) is 29.9 Å². The summed E-state index contributed by atoms with van der Waals surface area (Å²) >= 11 is 31.4. The maximum Gasteiger partial charge on any atom is 1.00 e. The number of ether oxygens (including phenoxy) is 2. The monoisotopic (exact) mass is 1450 g/mol. The molecule has 12 rings (SSSR count). The Bertz CT molecular complexity index is 3420. The Balaban J connectivity index is 0.000000180. The van der Waals surface area contributed by atoms with Crippen LogP contribution in [0.3, 0.4) is 0 Å². The fourth-order valence-corrected chi connectivity index (χ4v) is 10.6. The number of aromatic amines is 1. The molecule has 0 atom stereocenters. The van der Waals surface area contributed by atoms with Crippen molar-refractivity contribution in [3.8, 4) is 0 Å². The maximum atomic E-state index is 13.0. The number of aromatic nitrogens is 6. The van der Waals surface area contributed by atoms with Gasteiger partial charge in [0.15, 0.2) is 0 Å². The van der Waals surface area contributed by atoms with Crippen molar-refractivity contribution < 1.29 is 78.8 Å². The second-order valence-corrected chi connectivity index (χ2v) is 22.4. The van der Waals surface area contributed by atoms with Crippen molar-refractivity contribution in [3.63, 3.8) is 0 Å². The summed E-state index contributed by atoms with van der Waals surface area (Å²) < 4.78 is 13.0. The van der Waals surface area contributed by atoms with Crippen LogP contribution < -0.4 is 29.6 Å². The van der Waals surface area contributed by atoms with E-state index >= 15 is 0 Å². The van der Waals surface area contributed by atoms with Gasteiger partial charge in [-0.05, 0) is 194 Å². The molecule has 0 spiro atoms. The number of carbonyl (C=O) groups excluding carboxylic acids is 3. The maximum absolute atomic E-state index is 13.0. The Morgan fingerprint density at radius 3 is 1.53 bits per heavy atom. The van der Waals surface area contributed by atoms with Gasteiger partial charge in [-0.15, -0.1) is 0 Å². The molecule has 4 heterocycles. The van der Waals surface area contributed by atoms with Gasteiger partial charge < -0.3 is 30.1 Å². The summed E-state index contributed by atoms with van der Waals surface area (Å²) in [6.45, 7) is 0. The Kier molecular flexibility index (Phi) is 26.0. The average Bonchev–Trinajstić information content (AvgIpc) is 4.21. The number of aromatic carboxylic acids is 1. The first-order valence-electron chi connectivity index (χ1n) is 24.0. The molecule has 4 saturated carbocycles. The molecular weight excluding hydrogens is 1400 g/mol. The zero-order valence-electron chi connectivity index (χ0n) is 42.6. The van der Waals surface area contributed by atoms with Crippen LogP contribution in [0.25, 0.3) is 22.1 Å². The number of carboxylic acids is 1. The van der Waals surface area contributed by atoms with Crippen molar-refractivity contribution in [2.24, 2.45) is 0 Å². The molecule has 5 N–H and O–H groups in total. The second kappa shape index (κ2) is 31.1. The van der Waals surface area contributed by atoms with E-state index < -0.39 is 19.1 Å². The largest absolute Gasteiger partial charge is 1.00 e. The van der Waals surface area contributed by atoms with Gasteiger partial charge in [0.1, 0.15) is 24.0 Å². The average molecular weight is 1450 g/mol. The number of nitrogens with one attached hydrogen (secondary N) is 1. The number of nitrogens with zero attached hydrogens (tertiary/aromatic N) is 5. The number of carbonyl (C=O) groups is 4. The number of methoxy groups -OCH3 is 2. The molecule has 4 aromatic heterocycles. The first-order chi connectivity index (χ1) is 36.9. The second-order valence-electron chi connectivity index (χ2n) is 17.9. The quantitative estimate of drug-likeness (QED) is 0.0628. The number of benzene rings is 4. The summed E-state index contributed by atoms with van der Waals surface area (Å²) in [4.78, 5) is 55.0. The van der Waals surface area contributed by atoms with E-state index in [-0.39, 0.29) is 58.3 Å². The Hall–Kier alpha value is -3.76. The predicted octanol–water partition coefficient (Wildman–Crippen LogP) is 11.1. The van der Waals surface area contributed by atoms with Crippen molar-refractivity contribution >= 4 is 161 Å². The molecule has 4 fully saturated rings. The number of hydrogen-bond donors (Lipinski definition) is 4. The smallest absolute Gasteiger partial charge is 0.870 e. The molecule has 0 unspecified atom stereocenters. The molecule has 0 radical (unpaired) electrons. The van der Waals surface area contributed by atoms with Gasteiger partial charge in [-0.1, -0.05) is 102 Å². The fraction of sp³-hybridized carbons (Fsp3) is 0.259. The van der Waals surface area contributed by atoms with E-state index in [2.05, 4.69) is 91.1 Å². The van der Waals surface area contributed by atoms with E-state index in [9.17, 15) is 19.2 Å². The topological polar surface area (TPSA) is 250 Å². The number of halogens is 7. The van der Waals surface area contributed by atoms with Gasteiger partial charge in [-0.2, -0.15) is 14.9 Å². The van der Waals surface area contributed by atoms with Gasteiger partial charge in [-0.3, -0.25) is 19.9 Å². The molecule has 16 nitrogen and oxygen atoms in total. The minimum Gasteiger partial charge on any atom is -0.870 e. The summed E-state index contributed by atoms with van der Waals surface area (Å²) in [7, 11) is 1.66. The number of carboxylic acid groups (broad SMARTS) is 1. The van der Waals surface area contributed by atoms with E-state index in [1.54, 1.807) is 54.9 Å². The van der Waals surface area contributed by atoms with Crippen molar-refractivity contribution in [2.45, 2.75) is 74.9 Å². The van der Waals surface area contributed by atoms with Gasteiger partial charge in [-0.25, -0.2) is 14.4 Å². The van der Waals surface area contributed by atoms with Gasteiger partial charge >= 0.3 is 54.6 Å². The van der Waals surface area contributed by atoms with Crippen LogP contribution in [0.2, 0.25) is 25.9 Å². The van der Waals surface area contributed by atoms with Crippen LogP contribution in [0.1, 0.15) is 127 Å². The van der Waals surface area contributed by atoms with Crippen LogP contribution in [0.5, 0.6) is 0 Å². The van der Waals surface area contributed by atoms with Crippen LogP contribution in [-0.2, 0) is 9.47 Å². The predicted molar refractivity (Wildman–Crippen MR) is 321 cm³/mol. The summed E-state index contributed by atoms with van der Waals surface area (Å²) in [5, 5.41) is 38.4. The number of hydrogen-bond acceptors (Lipinski definition) is 13. The minimum atomic E-state index is -1.04. The van der Waals surface area contributed by atoms with Crippen LogP contribution in [-0.4, -0.2) is 95.7 Å². The van der Waals surface area contributed by atoms with Crippen LogP contribution in [0.4, 0.5) is 0 Å². The SMILES string of the molecule is COC(=O)c1c(Cl)cccc1Br.COC(=O)c1c(Cl)cccc1C1CC1.Ic1[nH]nc2cccnc12.O=C(O)c1c(Cl)cccc1C1CC1.O=C(c1c(Cl)cccc1C1CC1)n1nc(I)c2ncccc21.OB(O)C1CC1.[Na+].[OH-]. The van der Waals surface area contributed by atoms with Crippen molar-refractivity contribution in [3.05, 3.63) is 180 Å². The number of esters is 2. The molecule has 0 aliphatic heterocycles. The van der Waals surface area contributed by atoms with Gasteiger partial charge in [0.05, 0.1) is 62.1 Å². The molecule has 25 heteroatoms. The summed E-state index contributed by atoms with van der Waals surface area (Å²) in [5.74, 6) is -0.305. The van der Waals surface area contributed by atoms with Gasteiger partial charge in [0.25, 0.3) is 5.91 Å². The number of fused-ring (bicyclic) bond motifs is 2. The summed E-state index contributed by atoms with van der Waals surface area (Å²) in [5.41, 5.74) is 8.01. The Morgan fingerprint density at radius 2 is 1.08 bits per heavy atom. The Morgan fingerprint density at radius 1 is 0.633 bits per heavy atom. The summed E-state index contributed by atoms with van der Waals surface area (Å²) in [6, 6.07) is 29.1. The van der Waals surface area contributed by atoms with Crippen LogP contribution in [0, 0.1) is 7.40 Å². The molecule has 408 valence electrons. The first kappa shape index (κ1) is 66.0. The van der Waals surface area contributed by atoms with Gasteiger partial charge in [0.2, 0.25) is 0 Å². The van der Waals surface area contributed by atoms with Crippen LogP contribution >= 0.6 is 108 Å². The molecule has 0 bridgehead atoms. The third kappa shape index (κ3) is 17.9. The Labute approximate surface area is 533 Å². The number of H-pyrrole nitrogens is 1. The summed E-state index contributed by atoms with van der Waals surface area (Å²) in [6.07, 6.45) is 12.1. The third-order valence-electron chi connectivity index (χ3n) is 12.3. The molecule has 0 saturated heterocycles. The van der Waals surface area contributed by atoms with E-state index in [0.717, 1.165) is 88.3 Å². The molecule has 8 aromatic rings. The third-order valence-corrected chi connectivity index (χ3v) is 15.7. The zero-order valence-corrected chi connectivity index (χ0v) is 53.5. The first-order valence-corrected chi connectivity index (χ1v) is 28.5. The number of pyridine rings is 2. The number of rotatable bonds is 8.